The number of nitrogens with zero attached hydrogens (tertiary/aromatic N) is 1. The number of primary amides is 1. The first-order valence-corrected chi connectivity index (χ1v) is 7.15. The minimum atomic E-state index is -0.433. The average molecular weight is 341 g/mol. The van der Waals surface area contributed by atoms with Gasteiger partial charge in [0.2, 0.25) is 11.8 Å². The van der Waals surface area contributed by atoms with Crippen LogP contribution in [0.1, 0.15) is 0 Å². The number of piperazine rings is 1. The molecule has 0 radical (unpaired) electrons. The summed E-state index contributed by atoms with van der Waals surface area (Å²) >= 11 is 3.35. The molecule has 0 saturated carbocycles. The van der Waals surface area contributed by atoms with Crippen molar-refractivity contribution >= 4 is 33.4 Å². The number of nitrogens with two attached hydrogens (primary N) is 1. The lowest BCUT2D eigenvalue weighted by Gasteiger charge is -2.33. The van der Waals surface area contributed by atoms with Gasteiger partial charge in [-0.3, -0.25) is 14.5 Å². The van der Waals surface area contributed by atoms with Crippen LogP contribution >= 0.6 is 15.9 Å². The number of amides is 2. The zero-order valence-corrected chi connectivity index (χ0v) is 12.5. The summed E-state index contributed by atoms with van der Waals surface area (Å²) in [6, 6.07) is 6.93. The lowest BCUT2D eigenvalue weighted by molar-refractivity contribution is -0.125. The van der Waals surface area contributed by atoms with Gasteiger partial charge in [0, 0.05) is 29.8 Å². The fourth-order valence-corrected chi connectivity index (χ4v) is 2.57. The van der Waals surface area contributed by atoms with E-state index in [4.69, 9.17) is 5.73 Å². The molecular weight excluding hydrogens is 324 g/mol. The van der Waals surface area contributed by atoms with Crippen LogP contribution in [0.5, 0.6) is 0 Å². The van der Waals surface area contributed by atoms with Crippen molar-refractivity contribution in [2.24, 2.45) is 5.73 Å². The monoisotopic (exact) mass is 340 g/mol. The molecule has 1 atom stereocenters. The van der Waals surface area contributed by atoms with Crippen LogP contribution in [0.4, 0.5) is 5.69 Å². The zero-order valence-electron chi connectivity index (χ0n) is 10.9. The van der Waals surface area contributed by atoms with Crippen molar-refractivity contribution in [3.05, 3.63) is 28.7 Å². The first kappa shape index (κ1) is 15.0. The quantitative estimate of drug-likeness (QED) is 0.727. The van der Waals surface area contributed by atoms with E-state index in [2.05, 4.69) is 26.6 Å². The maximum atomic E-state index is 12.0. The molecule has 0 spiro atoms. The largest absolute Gasteiger partial charge is 0.368 e. The number of nitrogens with one attached hydrogen (secondary N) is 2. The highest BCUT2D eigenvalue weighted by Crippen LogP contribution is 2.15. The molecule has 0 aliphatic carbocycles. The van der Waals surface area contributed by atoms with E-state index in [0.717, 1.165) is 16.7 Å². The SMILES string of the molecule is NC(=O)C1CNCCN1CC(=O)Nc1cccc(Br)c1. The highest BCUT2D eigenvalue weighted by Gasteiger charge is 2.28. The third-order valence-corrected chi connectivity index (χ3v) is 3.63. The van der Waals surface area contributed by atoms with Gasteiger partial charge in [-0.2, -0.15) is 0 Å². The van der Waals surface area contributed by atoms with Crippen LogP contribution < -0.4 is 16.4 Å². The summed E-state index contributed by atoms with van der Waals surface area (Å²) in [5.74, 6) is -0.566. The van der Waals surface area contributed by atoms with E-state index >= 15 is 0 Å². The molecule has 20 heavy (non-hydrogen) atoms. The van der Waals surface area contributed by atoms with Crippen molar-refractivity contribution in [2.45, 2.75) is 6.04 Å². The highest BCUT2D eigenvalue weighted by molar-refractivity contribution is 9.10. The van der Waals surface area contributed by atoms with Crippen molar-refractivity contribution in [3.8, 4) is 0 Å². The van der Waals surface area contributed by atoms with Gasteiger partial charge in [-0.1, -0.05) is 22.0 Å². The molecule has 4 N–H and O–H groups in total. The van der Waals surface area contributed by atoms with Gasteiger partial charge in [0.1, 0.15) is 6.04 Å². The fraction of sp³-hybridized carbons (Fsp3) is 0.385. The van der Waals surface area contributed by atoms with E-state index in [-0.39, 0.29) is 12.5 Å². The highest BCUT2D eigenvalue weighted by atomic mass is 79.9. The summed E-state index contributed by atoms with van der Waals surface area (Å²) in [4.78, 5) is 25.2. The molecule has 1 aliphatic rings. The Kier molecular flexibility index (Phi) is 5.11. The Hall–Kier alpha value is -1.44. The van der Waals surface area contributed by atoms with Gasteiger partial charge >= 0.3 is 0 Å². The molecule has 2 amide bonds. The molecule has 6 nitrogen and oxygen atoms in total. The molecular formula is C13H17BrN4O2. The van der Waals surface area contributed by atoms with Gasteiger partial charge in [0.25, 0.3) is 0 Å². The molecule has 1 unspecified atom stereocenters. The average Bonchev–Trinajstić information content (AvgIpc) is 2.38. The standard InChI is InChI=1S/C13H17BrN4O2/c14-9-2-1-3-10(6-9)17-12(19)8-18-5-4-16-7-11(18)13(15)20/h1-3,6,11,16H,4-5,7-8H2,(H2,15,20)(H,17,19). The van der Waals surface area contributed by atoms with Crippen molar-refractivity contribution in [1.29, 1.82) is 0 Å². The molecule has 7 heteroatoms. The fourth-order valence-electron chi connectivity index (χ4n) is 2.17. The number of hydrogen-bond donors (Lipinski definition) is 3. The lowest BCUT2D eigenvalue weighted by atomic mass is 10.2. The summed E-state index contributed by atoms with van der Waals surface area (Å²) in [5, 5.41) is 5.90. The second kappa shape index (κ2) is 6.83. The van der Waals surface area contributed by atoms with Crippen LogP contribution in [0, 0.1) is 0 Å². The van der Waals surface area contributed by atoms with E-state index in [1.54, 1.807) is 4.90 Å². The molecule has 1 aliphatic heterocycles. The normalized spacial score (nSPS) is 19.6. The van der Waals surface area contributed by atoms with Crippen LogP contribution in [-0.2, 0) is 9.59 Å². The number of rotatable bonds is 4. The molecule has 1 saturated heterocycles. The van der Waals surface area contributed by atoms with Crippen molar-refractivity contribution in [2.75, 3.05) is 31.5 Å². The van der Waals surface area contributed by atoms with E-state index in [0.29, 0.717) is 13.1 Å². The molecule has 108 valence electrons. The van der Waals surface area contributed by atoms with Gasteiger partial charge < -0.3 is 16.4 Å². The van der Waals surface area contributed by atoms with Crippen molar-refractivity contribution in [1.82, 2.24) is 10.2 Å². The maximum Gasteiger partial charge on any atom is 0.238 e. The van der Waals surface area contributed by atoms with Crippen LogP contribution in [0.15, 0.2) is 28.7 Å². The Balaban J connectivity index is 1.94. The molecule has 0 bridgehead atoms. The Bertz CT molecular complexity index is 509. The maximum absolute atomic E-state index is 12.0. The second-order valence-electron chi connectivity index (χ2n) is 4.65. The summed E-state index contributed by atoms with van der Waals surface area (Å²) in [6.07, 6.45) is 0. The Morgan fingerprint density at radius 3 is 3.00 bits per heavy atom. The Morgan fingerprint density at radius 1 is 1.50 bits per heavy atom. The van der Waals surface area contributed by atoms with Crippen LogP contribution in [0.2, 0.25) is 0 Å². The van der Waals surface area contributed by atoms with Gasteiger partial charge in [-0.15, -0.1) is 0 Å². The topological polar surface area (TPSA) is 87.5 Å². The van der Waals surface area contributed by atoms with E-state index in [9.17, 15) is 9.59 Å². The van der Waals surface area contributed by atoms with E-state index in [1.807, 2.05) is 24.3 Å². The van der Waals surface area contributed by atoms with Gasteiger partial charge in [0.15, 0.2) is 0 Å². The van der Waals surface area contributed by atoms with Gasteiger partial charge in [-0.25, -0.2) is 0 Å². The smallest absolute Gasteiger partial charge is 0.238 e. The first-order chi connectivity index (χ1) is 9.56. The molecule has 1 aromatic rings. The zero-order chi connectivity index (χ0) is 14.5. The molecule has 1 aromatic carbocycles. The summed E-state index contributed by atoms with van der Waals surface area (Å²) in [7, 11) is 0. The number of anilines is 1. The van der Waals surface area contributed by atoms with E-state index in [1.165, 1.54) is 0 Å². The van der Waals surface area contributed by atoms with Gasteiger partial charge in [-0.05, 0) is 18.2 Å². The molecule has 1 fully saturated rings. The molecule has 1 heterocycles. The summed E-state index contributed by atoms with van der Waals surface area (Å²) < 4.78 is 0.896. The van der Waals surface area contributed by atoms with Crippen molar-refractivity contribution < 1.29 is 9.59 Å². The van der Waals surface area contributed by atoms with E-state index < -0.39 is 11.9 Å². The third-order valence-electron chi connectivity index (χ3n) is 3.14. The Morgan fingerprint density at radius 2 is 2.30 bits per heavy atom. The number of hydrogen-bond acceptors (Lipinski definition) is 4. The lowest BCUT2D eigenvalue weighted by Crippen LogP contribution is -2.58. The minimum Gasteiger partial charge on any atom is -0.368 e. The summed E-state index contributed by atoms with van der Waals surface area (Å²) in [5.41, 5.74) is 6.06. The predicted octanol–water partition coefficient (Wildman–Crippen LogP) is 0.147. The number of carbonyl (C=O) groups excluding carboxylic acids is 2. The number of benzene rings is 1. The Labute approximate surface area is 125 Å². The second-order valence-corrected chi connectivity index (χ2v) is 5.57. The summed E-state index contributed by atoms with van der Waals surface area (Å²) in [6.45, 7) is 2.01. The number of halogens is 1. The number of carbonyl (C=O) groups is 2. The van der Waals surface area contributed by atoms with Gasteiger partial charge in [0.05, 0.1) is 6.54 Å². The minimum absolute atomic E-state index is 0.155. The first-order valence-electron chi connectivity index (χ1n) is 6.36. The molecule has 2 rings (SSSR count). The van der Waals surface area contributed by atoms with Crippen molar-refractivity contribution in [3.63, 3.8) is 0 Å². The van der Waals surface area contributed by atoms with Crippen LogP contribution in [0.25, 0.3) is 0 Å². The van der Waals surface area contributed by atoms with Crippen LogP contribution in [0.3, 0.4) is 0 Å². The predicted molar refractivity (Wildman–Crippen MR) is 80.2 cm³/mol. The molecule has 0 aromatic heterocycles. The van der Waals surface area contributed by atoms with Crippen LogP contribution in [-0.4, -0.2) is 48.9 Å². The third kappa shape index (κ3) is 4.03.